The zero-order chi connectivity index (χ0) is 16.8. The molecule has 1 fully saturated rings. The van der Waals surface area contributed by atoms with E-state index in [1.165, 1.54) is 0 Å². The predicted octanol–water partition coefficient (Wildman–Crippen LogP) is 3.44. The minimum atomic E-state index is 0.0135. The topological polar surface area (TPSA) is 32.3 Å². The number of likely N-dealkylation sites (tertiary alicyclic amines) is 1. The molecule has 0 spiro atoms. The van der Waals surface area contributed by atoms with Gasteiger partial charge in [-0.3, -0.25) is 4.79 Å². The van der Waals surface area contributed by atoms with Gasteiger partial charge in [0, 0.05) is 11.6 Å². The molecular formula is C21H24N2O. The van der Waals surface area contributed by atoms with E-state index in [4.69, 9.17) is 0 Å². The zero-order valence-electron chi connectivity index (χ0n) is 14.1. The molecule has 2 aromatic rings. The SMILES string of the molecule is CN1CCC(NC(=O)/C(=C/c2ccccc2)c2ccccc2)CC1. The van der Waals surface area contributed by atoms with Gasteiger partial charge in [-0.1, -0.05) is 60.7 Å². The van der Waals surface area contributed by atoms with Gasteiger partial charge in [0.25, 0.3) is 5.91 Å². The molecule has 1 aliphatic rings. The summed E-state index contributed by atoms with van der Waals surface area (Å²) in [6.07, 6.45) is 3.99. The molecule has 3 rings (SSSR count). The van der Waals surface area contributed by atoms with Crippen LogP contribution in [0, 0.1) is 0 Å². The summed E-state index contributed by atoms with van der Waals surface area (Å²) in [5, 5.41) is 3.22. The smallest absolute Gasteiger partial charge is 0.252 e. The van der Waals surface area contributed by atoms with Crippen molar-refractivity contribution in [1.29, 1.82) is 0 Å². The molecule has 0 radical (unpaired) electrons. The van der Waals surface area contributed by atoms with Crippen molar-refractivity contribution in [3.8, 4) is 0 Å². The molecule has 2 aromatic carbocycles. The van der Waals surface area contributed by atoms with Crippen LogP contribution in [0.25, 0.3) is 11.6 Å². The summed E-state index contributed by atoms with van der Waals surface area (Å²) in [6, 6.07) is 20.2. The van der Waals surface area contributed by atoms with Crippen molar-refractivity contribution in [3.63, 3.8) is 0 Å². The number of piperidine rings is 1. The number of hydrogen-bond acceptors (Lipinski definition) is 2. The van der Waals surface area contributed by atoms with Gasteiger partial charge in [0.05, 0.1) is 0 Å². The molecule has 0 aliphatic carbocycles. The van der Waals surface area contributed by atoms with E-state index in [0.717, 1.165) is 42.6 Å². The van der Waals surface area contributed by atoms with Crippen LogP contribution in [-0.4, -0.2) is 37.0 Å². The van der Waals surface area contributed by atoms with Gasteiger partial charge in [-0.2, -0.15) is 0 Å². The van der Waals surface area contributed by atoms with Gasteiger partial charge in [-0.25, -0.2) is 0 Å². The third-order valence-electron chi connectivity index (χ3n) is 4.49. The first kappa shape index (κ1) is 16.5. The van der Waals surface area contributed by atoms with E-state index in [2.05, 4.69) is 17.3 Å². The van der Waals surface area contributed by atoms with Crippen LogP contribution in [0.15, 0.2) is 60.7 Å². The van der Waals surface area contributed by atoms with Crippen LogP contribution < -0.4 is 5.32 Å². The lowest BCUT2D eigenvalue weighted by molar-refractivity contribution is -0.116. The van der Waals surface area contributed by atoms with Gasteiger partial charge in [0.2, 0.25) is 0 Å². The molecule has 3 heteroatoms. The Labute approximate surface area is 144 Å². The lowest BCUT2D eigenvalue weighted by Gasteiger charge is -2.29. The van der Waals surface area contributed by atoms with Crippen LogP contribution in [0.2, 0.25) is 0 Å². The van der Waals surface area contributed by atoms with Crippen LogP contribution >= 0.6 is 0 Å². The fourth-order valence-corrected chi connectivity index (χ4v) is 3.03. The van der Waals surface area contributed by atoms with E-state index in [9.17, 15) is 4.79 Å². The van der Waals surface area contributed by atoms with E-state index in [-0.39, 0.29) is 11.9 Å². The Morgan fingerprint density at radius 3 is 2.21 bits per heavy atom. The maximum absolute atomic E-state index is 12.9. The molecule has 1 saturated heterocycles. The third kappa shape index (κ3) is 4.33. The summed E-state index contributed by atoms with van der Waals surface area (Å²) >= 11 is 0. The molecule has 0 aromatic heterocycles. The standard InChI is InChI=1S/C21H24N2O/c1-23-14-12-19(13-15-23)22-21(24)20(18-10-6-3-7-11-18)16-17-8-4-2-5-9-17/h2-11,16,19H,12-15H2,1H3,(H,22,24)/b20-16+. The Bertz CT molecular complexity index is 686. The van der Waals surface area contributed by atoms with Crippen molar-refractivity contribution >= 4 is 17.6 Å². The van der Waals surface area contributed by atoms with Gasteiger partial charge in [-0.05, 0) is 50.2 Å². The number of carbonyl (C=O) groups excluding carboxylic acids is 1. The first-order chi connectivity index (χ1) is 11.7. The number of amides is 1. The number of carbonyl (C=O) groups is 1. The predicted molar refractivity (Wildman–Crippen MR) is 99.4 cm³/mol. The van der Waals surface area contributed by atoms with E-state index in [1.54, 1.807) is 0 Å². The fourth-order valence-electron chi connectivity index (χ4n) is 3.03. The Kier molecular flexibility index (Phi) is 5.44. The van der Waals surface area contributed by atoms with Crippen LogP contribution in [0.1, 0.15) is 24.0 Å². The average molecular weight is 320 g/mol. The van der Waals surface area contributed by atoms with Crippen molar-refractivity contribution in [2.24, 2.45) is 0 Å². The maximum Gasteiger partial charge on any atom is 0.252 e. The van der Waals surface area contributed by atoms with Gasteiger partial charge in [0.15, 0.2) is 0 Å². The second kappa shape index (κ2) is 7.93. The van der Waals surface area contributed by atoms with Crippen LogP contribution in [0.3, 0.4) is 0 Å². The molecular weight excluding hydrogens is 296 g/mol. The highest BCUT2D eigenvalue weighted by atomic mass is 16.1. The molecule has 1 aliphatic heterocycles. The highest BCUT2D eigenvalue weighted by Gasteiger charge is 2.20. The Balaban J connectivity index is 1.82. The number of nitrogens with zero attached hydrogens (tertiary/aromatic N) is 1. The third-order valence-corrected chi connectivity index (χ3v) is 4.49. The minimum absolute atomic E-state index is 0.0135. The molecule has 3 nitrogen and oxygen atoms in total. The van der Waals surface area contributed by atoms with Gasteiger partial charge in [-0.15, -0.1) is 0 Å². The molecule has 1 heterocycles. The van der Waals surface area contributed by atoms with Crippen LogP contribution in [-0.2, 0) is 4.79 Å². The quantitative estimate of drug-likeness (QED) is 0.691. The second-order valence-electron chi connectivity index (χ2n) is 6.39. The number of rotatable bonds is 4. The van der Waals surface area contributed by atoms with Gasteiger partial charge >= 0.3 is 0 Å². The summed E-state index contributed by atoms with van der Waals surface area (Å²) in [7, 11) is 2.13. The molecule has 0 bridgehead atoms. The Morgan fingerprint density at radius 2 is 1.58 bits per heavy atom. The van der Waals surface area contributed by atoms with E-state index in [0.29, 0.717) is 0 Å². The maximum atomic E-state index is 12.9. The molecule has 24 heavy (non-hydrogen) atoms. The van der Waals surface area contributed by atoms with E-state index >= 15 is 0 Å². The van der Waals surface area contributed by atoms with Crippen molar-refractivity contribution in [1.82, 2.24) is 10.2 Å². The first-order valence-corrected chi connectivity index (χ1v) is 8.54. The normalized spacial score (nSPS) is 16.8. The van der Waals surface area contributed by atoms with Gasteiger partial charge < -0.3 is 10.2 Å². The number of benzene rings is 2. The van der Waals surface area contributed by atoms with Crippen molar-refractivity contribution < 1.29 is 4.79 Å². The Morgan fingerprint density at radius 1 is 1.00 bits per heavy atom. The van der Waals surface area contributed by atoms with Crippen LogP contribution in [0.5, 0.6) is 0 Å². The molecule has 0 saturated carbocycles. The lowest BCUT2D eigenvalue weighted by atomic mass is 10.00. The minimum Gasteiger partial charge on any atom is -0.349 e. The number of hydrogen-bond donors (Lipinski definition) is 1. The van der Waals surface area contributed by atoms with Crippen molar-refractivity contribution in [3.05, 3.63) is 71.8 Å². The molecule has 0 atom stereocenters. The molecule has 1 amide bonds. The van der Waals surface area contributed by atoms with Crippen molar-refractivity contribution in [2.75, 3.05) is 20.1 Å². The second-order valence-corrected chi connectivity index (χ2v) is 6.39. The van der Waals surface area contributed by atoms with E-state index in [1.807, 2.05) is 66.7 Å². The summed E-state index contributed by atoms with van der Waals surface area (Å²) in [5.41, 5.74) is 2.71. The molecule has 1 N–H and O–H groups in total. The monoisotopic (exact) mass is 320 g/mol. The van der Waals surface area contributed by atoms with Gasteiger partial charge in [0.1, 0.15) is 0 Å². The molecule has 0 unspecified atom stereocenters. The zero-order valence-corrected chi connectivity index (χ0v) is 14.1. The highest BCUT2D eigenvalue weighted by molar-refractivity contribution is 6.24. The summed E-state index contributed by atoms with van der Waals surface area (Å²) < 4.78 is 0. The lowest BCUT2D eigenvalue weighted by Crippen LogP contribution is -2.43. The summed E-state index contributed by atoms with van der Waals surface area (Å²) in [5.74, 6) is 0.0135. The van der Waals surface area contributed by atoms with Crippen LogP contribution in [0.4, 0.5) is 0 Å². The summed E-state index contributed by atoms with van der Waals surface area (Å²) in [6.45, 7) is 2.07. The van der Waals surface area contributed by atoms with Crippen molar-refractivity contribution in [2.45, 2.75) is 18.9 Å². The summed E-state index contributed by atoms with van der Waals surface area (Å²) in [4.78, 5) is 15.2. The number of nitrogens with one attached hydrogen (secondary N) is 1. The average Bonchev–Trinajstić information content (AvgIpc) is 2.63. The fraction of sp³-hybridized carbons (Fsp3) is 0.286. The largest absolute Gasteiger partial charge is 0.349 e. The van der Waals surface area contributed by atoms with E-state index < -0.39 is 0 Å². The molecule has 124 valence electrons. The highest BCUT2D eigenvalue weighted by Crippen LogP contribution is 2.19. The Hall–Kier alpha value is -2.39. The first-order valence-electron chi connectivity index (χ1n) is 8.54.